The van der Waals surface area contributed by atoms with Crippen LogP contribution in [0.5, 0.6) is 5.75 Å². The summed E-state index contributed by atoms with van der Waals surface area (Å²) in [5, 5.41) is 10.0. The molecule has 0 bridgehead atoms. The van der Waals surface area contributed by atoms with Crippen LogP contribution in [-0.2, 0) is 6.42 Å². The van der Waals surface area contributed by atoms with Gasteiger partial charge in [0.2, 0.25) is 0 Å². The molecule has 0 spiro atoms. The number of phenolic OH excluding ortho intramolecular Hbond substituents is 1. The number of hydrogen-bond donors (Lipinski definition) is 1. The Morgan fingerprint density at radius 1 is 1.46 bits per heavy atom. The fourth-order valence-corrected chi connectivity index (χ4v) is 2.30. The highest BCUT2D eigenvalue weighted by molar-refractivity contribution is 7.19. The van der Waals surface area contributed by atoms with Crippen LogP contribution in [0.25, 0.3) is 10.1 Å². The zero-order valence-corrected chi connectivity index (χ0v) is 7.99. The van der Waals surface area contributed by atoms with Gasteiger partial charge in [-0.2, -0.15) is 0 Å². The lowest BCUT2D eigenvalue weighted by Gasteiger charge is -1.94. The molecule has 13 heavy (non-hydrogen) atoms. The average Bonchev–Trinajstić information content (AvgIpc) is 2.55. The van der Waals surface area contributed by atoms with Crippen LogP contribution in [0.3, 0.4) is 0 Å². The van der Waals surface area contributed by atoms with E-state index in [4.69, 9.17) is 0 Å². The zero-order valence-electron chi connectivity index (χ0n) is 7.17. The molecule has 2 aromatic rings. The SMILES string of the molecule is CCc1cc2c(O)c(F)ccc2s1. The Morgan fingerprint density at radius 3 is 2.92 bits per heavy atom. The summed E-state index contributed by atoms with van der Waals surface area (Å²) in [7, 11) is 0. The maximum Gasteiger partial charge on any atom is 0.165 e. The Bertz CT molecular complexity index is 447. The first-order chi connectivity index (χ1) is 6.22. The Kier molecular flexibility index (Phi) is 1.96. The van der Waals surface area contributed by atoms with Crippen molar-refractivity contribution in [1.29, 1.82) is 0 Å². The smallest absolute Gasteiger partial charge is 0.165 e. The van der Waals surface area contributed by atoms with Gasteiger partial charge in [0.05, 0.1) is 0 Å². The number of hydrogen-bond acceptors (Lipinski definition) is 2. The standard InChI is InChI=1S/C10H9FOS/c1-2-6-5-7-9(13-6)4-3-8(11)10(7)12/h3-5,12H,2H2,1H3. The summed E-state index contributed by atoms with van der Waals surface area (Å²) >= 11 is 1.59. The van der Waals surface area contributed by atoms with Crippen molar-refractivity contribution in [2.45, 2.75) is 13.3 Å². The highest BCUT2D eigenvalue weighted by Crippen LogP contribution is 2.33. The second kappa shape index (κ2) is 3.00. The minimum Gasteiger partial charge on any atom is -0.504 e. The van der Waals surface area contributed by atoms with E-state index in [0.717, 1.165) is 16.0 Å². The molecule has 68 valence electrons. The van der Waals surface area contributed by atoms with E-state index in [2.05, 4.69) is 0 Å². The number of thiophene rings is 1. The van der Waals surface area contributed by atoms with Gasteiger partial charge in [0.15, 0.2) is 11.6 Å². The van der Waals surface area contributed by atoms with Crippen molar-refractivity contribution in [2.24, 2.45) is 0 Å². The van der Waals surface area contributed by atoms with Gasteiger partial charge in [-0.15, -0.1) is 11.3 Å². The van der Waals surface area contributed by atoms with Crippen molar-refractivity contribution < 1.29 is 9.50 Å². The summed E-state index contributed by atoms with van der Waals surface area (Å²) < 4.78 is 13.9. The lowest BCUT2D eigenvalue weighted by molar-refractivity contribution is 0.439. The number of fused-ring (bicyclic) bond motifs is 1. The number of phenols is 1. The molecular weight excluding hydrogens is 187 g/mol. The van der Waals surface area contributed by atoms with Gasteiger partial charge in [-0.05, 0) is 24.6 Å². The summed E-state index contributed by atoms with van der Waals surface area (Å²) in [6, 6.07) is 4.85. The first-order valence-electron chi connectivity index (χ1n) is 4.12. The third kappa shape index (κ3) is 1.29. The second-order valence-corrected chi connectivity index (χ2v) is 4.04. The van der Waals surface area contributed by atoms with Gasteiger partial charge in [-0.3, -0.25) is 0 Å². The molecule has 1 heterocycles. The van der Waals surface area contributed by atoms with Gasteiger partial charge in [0.25, 0.3) is 0 Å². The number of aryl methyl sites for hydroxylation is 1. The van der Waals surface area contributed by atoms with Crippen molar-refractivity contribution in [3.8, 4) is 5.75 Å². The molecule has 0 fully saturated rings. The minimum atomic E-state index is -0.548. The van der Waals surface area contributed by atoms with E-state index in [0.29, 0.717) is 5.39 Å². The van der Waals surface area contributed by atoms with Crippen LogP contribution in [0.15, 0.2) is 18.2 Å². The van der Waals surface area contributed by atoms with Gasteiger partial charge >= 0.3 is 0 Å². The molecule has 0 saturated heterocycles. The van der Waals surface area contributed by atoms with Gasteiger partial charge in [-0.25, -0.2) is 4.39 Å². The van der Waals surface area contributed by atoms with Gasteiger partial charge in [-0.1, -0.05) is 6.92 Å². The Hall–Kier alpha value is -1.09. The van der Waals surface area contributed by atoms with E-state index in [9.17, 15) is 9.50 Å². The fourth-order valence-electron chi connectivity index (χ4n) is 1.30. The van der Waals surface area contributed by atoms with Crippen LogP contribution in [0.2, 0.25) is 0 Å². The zero-order chi connectivity index (χ0) is 9.42. The Labute approximate surface area is 79.4 Å². The summed E-state index contributed by atoms with van der Waals surface area (Å²) in [6.45, 7) is 2.04. The maximum atomic E-state index is 12.9. The number of rotatable bonds is 1. The van der Waals surface area contributed by atoms with Crippen LogP contribution in [0.4, 0.5) is 4.39 Å². The molecule has 0 aliphatic rings. The molecule has 1 nitrogen and oxygen atoms in total. The third-order valence-corrected chi connectivity index (χ3v) is 3.27. The molecular formula is C10H9FOS. The number of aromatic hydroxyl groups is 1. The number of benzene rings is 1. The lowest BCUT2D eigenvalue weighted by atomic mass is 10.2. The van der Waals surface area contributed by atoms with E-state index in [1.54, 1.807) is 17.4 Å². The van der Waals surface area contributed by atoms with Crippen molar-refractivity contribution >= 4 is 21.4 Å². The Morgan fingerprint density at radius 2 is 2.23 bits per heavy atom. The summed E-state index contributed by atoms with van der Waals surface area (Å²) in [4.78, 5) is 1.16. The van der Waals surface area contributed by atoms with Crippen molar-refractivity contribution in [1.82, 2.24) is 0 Å². The highest BCUT2D eigenvalue weighted by atomic mass is 32.1. The van der Waals surface area contributed by atoms with E-state index in [1.807, 2.05) is 13.0 Å². The molecule has 1 aromatic carbocycles. The van der Waals surface area contributed by atoms with Gasteiger partial charge in [0.1, 0.15) is 0 Å². The largest absolute Gasteiger partial charge is 0.504 e. The summed E-state index contributed by atoms with van der Waals surface area (Å²) in [6.07, 6.45) is 0.917. The van der Waals surface area contributed by atoms with E-state index in [1.165, 1.54) is 6.07 Å². The molecule has 0 aliphatic heterocycles. The molecule has 2 rings (SSSR count). The molecule has 0 amide bonds. The molecule has 0 aliphatic carbocycles. The van der Waals surface area contributed by atoms with E-state index in [-0.39, 0.29) is 5.75 Å². The molecule has 0 saturated carbocycles. The van der Waals surface area contributed by atoms with Crippen LogP contribution < -0.4 is 0 Å². The predicted octanol–water partition coefficient (Wildman–Crippen LogP) is 3.31. The van der Waals surface area contributed by atoms with Crippen molar-refractivity contribution in [3.63, 3.8) is 0 Å². The quantitative estimate of drug-likeness (QED) is 0.741. The molecule has 1 aromatic heterocycles. The first kappa shape index (κ1) is 8.51. The molecule has 0 unspecified atom stereocenters. The van der Waals surface area contributed by atoms with Crippen LogP contribution in [0.1, 0.15) is 11.8 Å². The lowest BCUT2D eigenvalue weighted by Crippen LogP contribution is -1.74. The monoisotopic (exact) mass is 196 g/mol. The molecule has 1 N–H and O–H groups in total. The molecule has 0 atom stereocenters. The maximum absolute atomic E-state index is 12.9. The van der Waals surface area contributed by atoms with Crippen LogP contribution >= 0.6 is 11.3 Å². The summed E-state index contributed by atoms with van der Waals surface area (Å²) in [5.41, 5.74) is 0. The highest BCUT2D eigenvalue weighted by Gasteiger charge is 2.08. The van der Waals surface area contributed by atoms with E-state index >= 15 is 0 Å². The first-order valence-corrected chi connectivity index (χ1v) is 4.94. The van der Waals surface area contributed by atoms with Gasteiger partial charge < -0.3 is 5.11 Å². The fraction of sp³-hybridized carbons (Fsp3) is 0.200. The number of halogens is 1. The average molecular weight is 196 g/mol. The molecule has 0 radical (unpaired) electrons. The summed E-state index contributed by atoms with van der Waals surface area (Å²) in [5.74, 6) is -0.776. The Balaban J connectivity index is 2.76. The van der Waals surface area contributed by atoms with Crippen LogP contribution in [-0.4, -0.2) is 5.11 Å². The molecule has 3 heteroatoms. The van der Waals surface area contributed by atoms with Crippen LogP contribution in [0, 0.1) is 5.82 Å². The minimum absolute atomic E-state index is 0.228. The third-order valence-electron chi connectivity index (χ3n) is 2.02. The normalized spacial score (nSPS) is 10.9. The second-order valence-electron chi connectivity index (χ2n) is 2.87. The topological polar surface area (TPSA) is 20.2 Å². The predicted molar refractivity (Wildman–Crippen MR) is 52.8 cm³/mol. The van der Waals surface area contributed by atoms with Gasteiger partial charge in [0, 0.05) is 15.0 Å². The van der Waals surface area contributed by atoms with Crippen molar-refractivity contribution in [3.05, 3.63) is 28.9 Å². The van der Waals surface area contributed by atoms with E-state index < -0.39 is 5.82 Å². The van der Waals surface area contributed by atoms with Crippen molar-refractivity contribution in [2.75, 3.05) is 0 Å².